The van der Waals surface area contributed by atoms with Gasteiger partial charge in [0.2, 0.25) is 5.91 Å². The molecule has 1 aromatic carbocycles. The zero-order chi connectivity index (χ0) is 18.2. The van der Waals surface area contributed by atoms with Crippen LogP contribution in [0.15, 0.2) is 18.2 Å². The molecule has 0 aromatic heterocycles. The zero-order valence-corrected chi connectivity index (χ0v) is 13.1. The number of benzene rings is 1. The van der Waals surface area contributed by atoms with Crippen molar-refractivity contribution in [1.82, 2.24) is 10.6 Å². The van der Waals surface area contributed by atoms with Gasteiger partial charge in [-0.15, -0.1) is 0 Å². The summed E-state index contributed by atoms with van der Waals surface area (Å²) in [5, 5.41) is 19.1. The first-order valence-corrected chi connectivity index (χ1v) is 7.26. The quantitative estimate of drug-likeness (QED) is 0.361. The van der Waals surface area contributed by atoms with Gasteiger partial charge >= 0.3 is 6.18 Å². The third-order valence-electron chi connectivity index (χ3n) is 3.11. The minimum absolute atomic E-state index is 0.0533. The fourth-order valence-electron chi connectivity index (χ4n) is 1.90. The van der Waals surface area contributed by atoms with Gasteiger partial charge < -0.3 is 16.0 Å². The molecule has 0 aliphatic rings. The third-order valence-corrected chi connectivity index (χ3v) is 3.11. The SMILES string of the molecule is CNCCCNC(=O)CCNc1ccc(C(F)(F)F)cc1[N+](=O)[O-]. The van der Waals surface area contributed by atoms with Crippen LogP contribution in [0.2, 0.25) is 0 Å². The Morgan fingerprint density at radius 3 is 2.54 bits per heavy atom. The van der Waals surface area contributed by atoms with Gasteiger partial charge in [-0.2, -0.15) is 13.2 Å². The minimum Gasteiger partial charge on any atom is -0.379 e. The number of hydrogen-bond donors (Lipinski definition) is 3. The van der Waals surface area contributed by atoms with Gasteiger partial charge in [0.25, 0.3) is 5.69 Å². The molecule has 0 saturated heterocycles. The van der Waals surface area contributed by atoms with Gasteiger partial charge in [-0.25, -0.2) is 0 Å². The first-order valence-electron chi connectivity index (χ1n) is 7.26. The van der Waals surface area contributed by atoms with Crippen molar-refractivity contribution < 1.29 is 22.9 Å². The number of carbonyl (C=O) groups excluding carboxylic acids is 1. The minimum atomic E-state index is -4.66. The van der Waals surface area contributed by atoms with Gasteiger partial charge in [0, 0.05) is 25.6 Å². The van der Waals surface area contributed by atoms with E-state index in [9.17, 15) is 28.1 Å². The number of alkyl halides is 3. The molecule has 1 aromatic rings. The predicted molar refractivity (Wildman–Crippen MR) is 82.8 cm³/mol. The highest BCUT2D eigenvalue weighted by atomic mass is 19.4. The number of rotatable bonds is 9. The van der Waals surface area contributed by atoms with Crippen LogP contribution in [0.5, 0.6) is 0 Å². The Morgan fingerprint density at radius 1 is 1.25 bits per heavy atom. The van der Waals surface area contributed by atoms with Crippen LogP contribution in [-0.4, -0.2) is 37.5 Å². The molecule has 3 N–H and O–H groups in total. The second-order valence-corrected chi connectivity index (χ2v) is 4.97. The molecule has 10 heteroatoms. The van der Waals surface area contributed by atoms with E-state index in [1.54, 1.807) is 7.05 Å². The Labute approximate surface area is 136 Å². The number of nitrogens with one attached hydrogen (secondary N) is 3. The summed E-state index contributed by atoms with van der Waals surface area (Å²) >= 11 is 0. The number of carbonyl (C=O) groups is 1. The lowest BCUT2D eigenvalue weighted by molar-refractivity contribution is -0.384. The average molecular weight is 348 g/mol. The summed E-state index contributed by atoms with van der Waals surface area (Å²) < 4.78 is 37.8. The van der Waals surface area contributed by atoms with Crippen molar-refractivity contribution in [2.24, 2.45) is 0 Å². The molecule has 0 saturated carbocycles. The molecule has 0 aliphatic heterocycles. The Kier molecular flexibility index (Phi) is 7.43. The van der Waals surface area contributed by atoms with Crippen molar-refractivity contribution in [3.8, 4) is 0 Å². The topological polar surface area (TPSA) is 96.3 Å². The van der Waals surface area contributed by atoms with Crippen LogP contribution in [0.1, 0.15) is 18.4 Å². The Bertz CT molecular complexity index is 579. The Balaban J connectivity index is 2.58. The number of nitro groups is 1. The molecule has 0 bridgehead atoms. The van der Waals surface area contributed by atoms with Crippen molar-refractivity contribution in [2.45, 2.75) is 19.0 Å². The highest BCUT2D eigenvalue weighted by Gasteiger charge is 2.32. The second-order valence-electron chi connectivity index (χ2n) is 4.97. The molecule has 0 unspecified atom stereocenters. The van der Waals surface area contributed by atoms with E-state index >= 15 is 0 Å². The van der Waals surface area contributed by atoms with Gasteiger partial charge in [0.15, 0.2) is 0 Å². The average Bonchev–Trinajstić information content (AvgIpc) is 2.50. The summed E-state index contributed by atoms with van der Waals surface area (Å²) in [5.74, 6) is -0.242. The van der Waals surface area contributed by atoms with Crippen molar-refractivity contribution in [1.29, 1.82) is 0 Å². The van der Waals surface area contributed by atoms with Crippen molar-refractivity contribution in [3.63, 3.8) is 0 Å². The molecule has 134 valence electrons. The molecule has 1 rings (SSSR count). The molecule has 0 aliphatic carbocycles. The molecule has 24 heavy (non-hydrogen) atoms. The molecule has 1 amide bonds. The lowest BCUT2D eigenvalue weighted by Crippen LogP contribution is -2.28. The van der Waals surface area contributed by atoms with Gasteiger partial charge in [-0.3, -0.25) is 14.9 Å². The Hall–Kier alpha value is -2.36. The summed E-state index contributed by atoms with van der Waals surface area (Å²) in [6, 6.07) is 2.22. The van der Waals surface area contributed by atoms with Gasteiger partial charge in [0.1, 0.15) is 5.69 Å². The molecule has 0 atom stereocenters. The van der Waals surface area contributed by atoms with Crippen LogP contribution in [0, 0.1) is 10.1 Å². The van der Waals surface area contributed by atoms with Crippen molar-refractivity contribution >= 4 is 17.3 Å². The second kappa shape index (κ2) is 9.06. The van der Waals surface area contributed by atoms with E-state index in [0.717, 1.165) is 25.1 Å². The van der Waals surface area contributed by atoms with Crippen LogP contribution in [0.25, 0.3) is 0 Å². The lowest BCUT2D eigenvalue weighted by atomic mass is 10.1. The smallest absolute Gasteiger partial charge is 0.379 e. The number of anilines is 1. The van der Waals surface area contributed by atoms with Gasteiger partial charge in [-0.05, 0) is 32.1 Å². The van der Waals surface area contributed by atoms with E-state index in [2.05, 4.69) is 16.0 Å². The van der Waals surface area contributed by atoms with Crippen LogP contribution in [0.4, 0.5) is 24.5 Å². The maximum Gasteiger partial charge on any atom is 0.416 e. The van der Waals surface area contributed by atoms with Crippen LogP contribution in [0.3, 0.4) is 0 Å². The number of amides is 1. The van der Waals surface area contributed by atoms with E-state index in [1.807, 2.05) is 0 Å². The molecular weight excluding hydrogens is 329 g/mol. The van der Waals surface area contributed by atoms with E-state index in [-0.39, 0.29) is 24.6 Å². The maximum absolute atomic E-state index is 12.6. The van der Waals surface area contributed by atoms with E-state index in [0.29, 0.717) is 12.6 Å². The van der Waals surface area contributed by atoms with Crippen LogP contribution < -0.4 is 16.0 Å². The third kappa shape index (κ3) is 6.41. The summed E-state index contributed by atoms with van der Waals surface area (Å²) in [6.07, 6.45) is -3.84. The van der Waals surface area contributed by atoms with Crippen LogP contribution in [-0.2, 0) is 11.0 Å². The summed E-state index contributed by atoms with van der Waals surface area (Å²) in [4.78, 5) is 21.6. The summed E-state index contributed by atoms with van der Waals surface area (Å²) in [6.45, 7) is 1.33. The first kappa shape index (κ1) is 19.7. The van der Waals surface area contributed by atoms with E-state index in [4.69, 9.17) is 0 Å². The number of nitro benzene ring substituents is 1. The molecule has 0 spiro atoms. The predicted octanol–water partition coefficient (Wildman–Crippen LogP) is 2.14. The highest BCUT2D eigenvalue weighted by molar-refractivity contribution is 5.76. The van der Waals surface area contributed by atoms with Crippen molar-refractivity contribution in [3.05, 3.63) is 33.9 Å². The largest absolute Gasteiger partial charge is 0.416 e. The molecule has 0 fully saturated rings. The standard InChI is InChI=1S/C14H19F3N4O3/c1-18-6-2-7-20-13(22)5-8-19-11-4-3-10(14(15,16)17)9-12(11)21(23)24/h3-4,9,18-19H,2,5-8H2,1H3,(H,20,22). The van der Waals surface area contributed by atoms with Crippen molar-refractivity contribution in [2.75, 3.05) is 32.0 Å². The normalized spacial score (nSPS) is 11.2. The molecule has 0 heterocycles. The molecular formula is C14H19F3N4O3. The van der Waals surface area contributed by atoms with Gasteiger partial charge in [-0.1, -0.05) is 0 Å². The first-order chi connectivity index (χ1) is 11.3. The number of hydrogen-bond acceptors (Lipinski definition) is 5. The summed E-state index contributed by atoms with van der Waals surface area (Å²) in [7, 11) is 1.79. The Morgan fingerprint density at radius 2 is 1.96 bits per heavy atom. The van der Waals surface area contributed by atoms with Crippen LogP contribution >= 0.6 is 0 Å². The number of nitrogens with zero attached hydrogens (tertiary/aromatic N) is 1. The summed E-state index contributed by atoms with van der Waals surface area (Å²) in [5.41, 5.74) is -1.84. The van der Waals surface area contributed by atoms with Gasteiger partial charge in [0.05, 0.1) is 10.5 Å². The van der Waals surface area contributed by atoms with E-state index in [1.165, 1.54) is 0 Å². The monoisotopic (exact) mass is 348 g/mol. The highest BCUT2D eigenvalue weighted by Crippen LogP contribution is 2.34. The molecule has 0 radical (unpaired) electrons. The fourth-order valence-corrected chi connectivity index (χ4v) is 1.90. The maximum atomic E-state index is 12.6. The van der Waals surface area contributed by atoms with E-state index < -0.39 is 22.4 Å². The molecule has 7 nitrogen and oxygen atoms in total. The zero-order valence-electron chi connectivity index (χ0n) is 13.1. The number of halogens is 3. The fraction of sp³-hybridized carbons (Fsp3) is 0.500. The lowest BCUT2D eigenvalue weighted by Gasteiger charge is -2.10.